The molecule has 288 valence electrons. The molecule has 1 spiro atoms. The molecule has 0 radical (unpaired) electrons. The fourth-order valence-corrected chi connectivity index (χ4v) is 10.3. The van der Waals surface area contributed by atoms with Crippen molar-refractivity contribution in [3.05, 3.63) is 235 Å². The van der Waals surface area contributed by atoms with Crippen LogP contribution in [0, 0.1) is 0 Å². The largest absolute Gasteiger partial charge is 0.455 e. The Balaban J connectivity index is 1.10. The van der Waals surface area contributed by atoms with E-state index < -0.39 is 5.41 Å². The van der Waals surface area contributed by atoms with Crippen LogP contribution >= 0.6 is 0 Å². The minimum Gasteiger partial charge on any atom is -0.455 e. The maximum atomic E-state index is 6.87. The quantitative estimate of drug-likeness (QED) is 0.178. The summed E-state index contributed by atoms with van der Waals surface area (Å²) in [6.07, 6.45) is 3.70. The molecule has 4 heteroatoms. The summed E-state index contributed by atoms with van der Waals surface area (Å²) in [4.78, 5) is 15.1. The van der Waals surface area contributed by atoms with Crippen LogP contribution in [0.1, 0.15) is 22.3 Å². The minimum atomic E-state index is -0.706. The Labute approximate surface area is 358 Å². The van der Waals surface area contributed by atoms with E-state index in [2.05, 4.69) is 193 Å². The zero-order valence-corrected chi connectivity index (χ0v) is 33.5. The number of hydrogen-bond acceptors (Lipinski definition) is 4. The van der Waals surface area contributed by atoms with Gasteiger partial charge in [0.05, 0.1) is 16.8 Å². The van der Waals surface area contributed by atoms with Crippen molar-refractivity contribution in [2.24, 2.45) is 0 Å². The van der Waals surface area contributed by atoms with Crippen LogP contribution in [0.5, 0.6) is 0 Å². The van der Waals surface area contributed by atoms with E-state index in [9.17, 15) is 0 Å². The average Bonchev–Trinajstić information content (AvgIpc) is 3.85. The van der Waals surface area contributed by atoms with Gasteiger partial charge in [0, 0.05) is 45.4 Å². The number of furan rings is 1. The van der Waals surface area contributed by atoms with E-state index in [1.165, 1.54) is 50.1 Å². The van der Waals surface area contributed by atoms with E-state index in [1.54, 1.807) is 6.20 Å². The first-order chi connectivity index (χ1) is 30.7. The first kappa shape index (κ1) is 34.6. The van der Waals surface area contributed by atoms with Gasteiger partial charge in [-0.05, 0) is 85.5 Å². The number of rotatable bonds is 4. The Morgan fingerprint density at radius 3 is 1.73 bits per heavy atom. The molecule has 8 aromatic carbocycles. The van der Waals surface area contributed by atoms with Crippen LogP contribution in [0.3, 0.4) is 0 Å². The van der Waals surface area contributed by atoms with Crippen LogP contribution in [0.15, 0.2) is 217 Å². The lowest BCUT2D eigenvalue weighted by Crippen LogP contribution is -2.29. The summed E-state index contributed by atoms with van der Waals surface area (Å²) < 4.78 is 6.87. The lowest BCUT2D eigenvalue weighted by Gasteiger charge is -2.35. The van der Waals surface area contributed by atoms with Gasteiger partial charge in [0.25, 0.3) is 0 Å². The van der Waals surface area contributed by atoms with E-state index in [0.717, 1.165) is 66.7 Å². The van der Waals surface area contributed by atoms with E-state index >= 15 is 0 Å². The van der Waals surface area contributed by atoms with Gasteiger partial charge in [-0.3, -0.25) is 4.98 Å². The Kier molecular flexibility index (Phi) is 7.49. The van der Waals surface area contributed by atoms with Crippen molar-refractivity contribution in [2.75, 3.05) is 0 Å². The predicted octanol–water partition coefficient (Wildman–Crippen LogP) is 14.4. The van der Waals surface area contributed by atoms with Crippen LogP contribution in [0.4, 0.5) is 0 Å². The smallest absolute Gasteiger partial charge is 0.160 e. The highest BCUT2D eigenvalue weighted by atomic mass is 16.3. The number of pyridine rings is 1. The normalized spacial score (nSPS) is 14.5. The Hall–Kier alpha value is -8.21. The Morgan fingerprint density at radius 2 is 0.968 bits per heavy atom. The van der Waals surface area contributed by atoms with Crippen molar-refractivity contribution in [1.82, 2.24) is 15.0 Å². The molecule has 62 heavy (non-hydrogen) atoms. The van der Waals surface area contributed by atoms with Crippen molar-refractivity contribution in [2.45, 2.75) is 5.41 Å². The number of para-hydroxylation sites is 1. The molecule has 11 aromatic rings. The first-order valence-corrected chi connectivity index (χ1v) is 21.1. The summed E-state index contributed by atoms with van der Waals surface area (Å²) in [7, 11) is 0. The molecule has 0 fully saturated rings. The SMILES string of the molecule is c1ccc(-c2cc(-c3ccc(-c4cccnc4)cc3)nc(-c3ccc4c(c3)C3(c5ccccc5-c5ccccc5-4)c4ccccc4-c4c3ccc3c4oc4ccccc43)n2)cc1. The van der Waals surface area contributed by atoms with Crippen molar-refractivity contribution in [3.63, 3.8) is 0 Å². The molecule has 1 atom stereocenters. The lowest BCUT2D eigenvalue weighted by atomic mass is 9.65. The van der Waals surface area contributed by atoms with Gasteiger partial charge >= 0.3 is 0 Å². The molecule has 2 aliphatic carbocycles. The summed E-state index contributed by atoms with van der Waals surface area (Å²) >= 11 is 0. The minimum absolute atomic E-state index is 0.667. The third-order valence-corrected chi connectivity index (χ3v) is 13.0. The second-order valence-electron chi connectivity index (χ2n) is 16.3. The van der Waals surface area contributed by atoms with Gasteiger partial charge in [-0.1, -0.05) is 176 Å². The molecule has 4 nitrogen and oxygen atoms in total. The molecule has 0 amide bonds. The number of aromatic nitrogens is 3. The van der Waals surface area contributed by atoms with Crippen LogP contribution in [0.2, 0.25) is 0 Å². The molecule has 3 aromatic heterocycles. The molecule has 0 bridgehead atoms. The zero-order valence-electron chi connectivity index (χ0n) is 33.5. The van der Waals surface area contributed by atoms with Gasteiger partial charge in [0.2, 0.25) is 0 Å². The zero-order chi connectivity index (χ0) is 40.8. The maximum absolute atomic E-state index is 6.87. The molecular formula is C58H35N3O. The van der Waals surface area contributed by atoms with E-state index in [4.69, 9.17) is 14.4 Å². The highest BCUT2D eigenvalue weighted by Gasteiger charge is 2.51. The predicted molar refractivity (Wildman–Crippen MR) is 251 cm³/mol. The van der Waals surface area contributed by atoms with Crippen molar-refractivity contribution in [1.29, 1.82) is 0 Å². The van der Waals surface area contributed by atoms with Gasteiger partial charge < -0.3 is 4.42 Å². The Bertz CT molecular complexity index is 3570. The summed E-state index contributed by atoms with van der Waals surface area (Å²) in [6, 6.07) is 71.8. The van der Waals surface area contributed by atoms with E-state index in [0.29, 0.717) is 5.82 Å². The Morgan fingerprint density at radius 1 is 0.371 bits per heavy atom. The van der Waals surface area contributed by atoms with E-state index in [-0.39, 0.29) is 0 Å². The highest BCUT2D eigenvalue weighted by Crippen LogP contribution is 2.63. The van der Waals surface area contributed by atoms with Crippen LogP contribution in [-0.4, -0.2) is 15.0 Å². The molecular weight excluding hydrogens is 755 g/mol. The number of fused-ring (bicyclic) bond motifs is 16. The maximum Gasteiger partial charge on any atom is 0.160 e. The molecule has 0 N–H and O–H groups in total. The van der Waals surface area contributed by atoms with Crippen LogP contribution in [0.25, 0.3) is 100 Å². The van der Waals surface area contributed by atoms with Gasteiger partial charge in [0.1, 0.15) is 11.2 Å². The van der Waals surface area contributed by atoms with Crippen molar-refractivity contribution in [3.8, 4) is 78.4 Å². The third kappa shape index (κ3) is 4.98. The topological polar surface area (TPSA) is 51.8 Å². The third-order valence-electron chi connectivity index (χ3n) is 13.0. The average molecular weight is 790 g/mol. The van der Waals surface area contributed by atoms with Crippen molar-refractivity contribution < 1.29 is 4.42 Å². The standard InChI is InChI=1S/C58H35N3O/c1-2-13-37(14-3-1)52-34-53(38-26-24-36(25-27-38)40-15-12-32-59-35-40)61-57(60-52)39-28-29-44-42-17-5-4-16-41(42)43-18-6-9-21-48(43)58(51(44)33-39)49-22-10-7-20-47(49)55-50(58)31-30-46-45-19-8-11-23-54(45)62-56(46)55/h1-35H. The molecule has 3 heterocycles. The second kappa shape index (κ2) is 13.4. The number of benzene rings is 8. The van der Waals surface area contributed by atoms with Crippen LogP contribution in [-0.2, 0) is 5.41 Å². The molecule has 2 aliphatic rings. The lowest BCUT2D eigenvalue weighted by molar-refractivity contribution is 0.669. The van der Waals surface area contributed by atoms with Crippen LogP contribution < -0.4 is 0 Å². The molecule has 13 rings (SSSR count). The number of nitrogens with zero attached hydrogens (tertiary/aromatic N) is 3. The summed E-state index contributed by atoms with van der Waals surface area (Å²) in [5, 5.41) is 2.25. The van der Waals surface area contributed by atoms with Gasteiger partial charge in [-0.15, -0.1) is 0 Å². The summed E-state index contributed by atoms with van der Waals surface area (Å²) in [5.74, 6) is 0.667. The molecule has 0 aliphatic heterocycles. The van der Waals surface area contributed by atoms with Gasteiger partial charge in [0.15, 0.2) is 5.82 Å². The molecule has 0 saturated heterocycles. The fraction of sp³-hybridized carbons (Fsp3) is 0.0172. The second-order valence-corrected chi connectivity index (χ2v) is 16.3. The number of hydrogen-bond donors (Lipinski definition) is 0. The van der Waals surface area contributed by atoms with E-state index in [1.807, 2.05) is 18.3 Å². The van der Waals surface area contributed by atoms with Gasteiger partial charge in [-0.25, -0.2) is 9.97 Å². The molecule has 1 unspecified atom stereocenters. The highest BCUT2D eigenvalue weighted by molar-refractivity contribution is 6.13. The molecule has 0 saturated carbocycles. The van der Waals surface area contributed by atoms with Crippen molar-refractivity contribution >= 4 is 21.9 Å². The fourth-order valence-electron chi connectivity index (χ4n) is 10.3. The van der Waals surface area contributed by atoms with Gasteiger partial charge in [-0.2, -0.15) is 0 Å². The monoisotopic (exact) mass is 789 g/mol. The first-order valence-electron chi connectivity index (χ1n) is 21.1. The summed E-state index contributed by atoms with van der Waals surface area (Å²) in [6.45, 7) is 0. The summed E-state index contributed by atoms with van der Waals surface area (Å²) in [5.41, 5.74) is 20.0.